The molecule has 0 fully saturated rings. The molecular formula is C20H21ClN2O5. The Morgan fingerprint density at radius 1 is 1.04 bits per heavy atom. The van der Waals surface area contributed by atoms with Crippen molar-refractivity contribution in [3.8, 4) is 5.75 Å². The molecule has 7 nitrogen and oxygen atoms in total. The van der Waals surface area contributed by atoms with Crippen LogP contribution >= 0.6 is 11.6 Å². The average Bonchev–Trinajstić information content (AvgIpc) is 2.68. The molecule has 0 heterocycles. The number of rotatable bonds is 7. The lowest BCUT2D eigenvalue weighted by Gasteiger charge is -2.18. The molecule has 0 radical (unpaired) electrons. The third-order valence-corrected chi connectivity index (χ3v) is 4.06. The number of halogens is 1. The van der Waals surface area contributed by atoms with Crippen LogP contribution in [0.4, 0.5) is 5.69 Å². The lowest BCUT2D eigenvalue weighted by atomic mass is 10.2. The Kier molecular flexibility index (Phi) is 7.40. The van der Waals surface area contributed by atoms with Crippen LogP contribution in [0, 0.1) is 0 Å². The SMILES string of the molecule is COc1cccc(NC(=O)[C@@H](C)OC(=O)[C@@H](C)NC(=O)c2ccc(Cl)cc2)c1. The molecule has 148 valence electrons. The maximum Gasteiger partial charge on any atom is 0.329 e. The highest BCUT2D eigenvalue weighted by Crippen LogP contribution is 2.17. The first-order chi connectivity index (χ1) is 13.3. The summed E-state index contributed by atoms with van der Waals surface area (Å²) >= 11 is 5.78. The second-order valence-electron chi connectivity index (χ2n) is 6.00. The van der Waals surface area contributed by atoms with E-state index in [1.54, 1.807) is 48.5 Å². The van der Waals surface area contributed by atoms with Crippen molar-refractivity contribution in [2.75, 3.05) is 12.4 Å². The maximum absolute atomic E-state index is 12.2. The van der Waals surface area contributed by atoms with E-state index >= 15 is 0 Å². The van der Waals surface area contributed by atoms with Gasteiger partial charge in [0, 0.05) is 22.3 Å². The van der Waals surface area contributed by atoms with E-state index in [2.05, 4.69) is 10.6 Å². The van der Waals surface area contributed by atoms with Crippen molar-refractivity contribution in [1.82, 2.24) is 5.32 Å². The molecule has 0 aromatic heterocycles. The molecule has 8 heteroatoms. The Morgan fingerprint density at radius 2 is 1.71 bits per heavy atom. The lowest BCUT2D eigenvalue weighted by molar-refractivity contribution is -0.154. The standard InChI is InChI=1S/C20H21ClN2O5/c1-12(22-19(25)14-7-9-15(21)10-8-14)20(26)28-13(2)18(24)23-16-5-4-6-17(11-16)27-3/h4-13H,1-3H3,(H,22,25)(H,23,24)/t12-,13-/m1/s1. The summed E-state index contributed by atoms with van der Waals surface area (Å²) < 4.78 is 10.2. The highest BCUT2D eigenvalue weighted by atomic mass is 35.5. The van der Waals surface area contributed by atoms with Gasteiger partial charge in [0.2, 0.25) is 0 Å². The number of benzene rings is 2. The van der Waals surface area contributed by atoms with Gasteiger partial charge >= 0.3 is 5.97 Å². The minimum Gasteiger partial charge on any atom is -0.497 e. The Bertz CT molecular complexity index is 854. The number of ether oxygens (including phenoxy) is 2. The van der Waals surface area contributed by atoms with Crippen LogP contribution in [0.15, 0.2) is 48.5 Å². The summed E-state index contributed by atoms with van der Waals surface area (Å²) in [7, 11) is 1.52. The predicted molar refractivity (Wildman–Crippen MR) is 106 cm³/mol. The summed E-state index contributed by atoms with van der Waals surface area (Å²) in [5, 5.41) is 5.66. The van der Waals surface area contributed by atoms with E-state index in [1.165, 1.54) is 21.0 Å². The van der Waals surface area contributed by atoms with Gasteiger partial charge in [-0.3, -0.25) is 9.59 Å². The number of methoxy groups -OCH3 is 1. The minimum atomic E-state index is -1.05. The van der Waals surface area contributed by atoms with Crippen LogP contribution in [-0.4, -0.2) is 37.0 Å². The fraction of sp³-hybridized carbons (Fsp3) is 0.250. The Hall–Kier alpha value is -3.06. The number of hydrogen-bond acceptors (Lipinski definition) is 5. The highest BCUT2D eigenvalue weighted by Gasteiger charge is 2.23. The smallest absolute Gasteiger partial charge is 0.329 e. The minimum absolute atomic E-state index is 0.355. The summed E-state index contributed by atoms with van der Waals surface area (Å²) in [4.78, 5) is 36.5. The molecule has 0 aliphatic carbocycles. The first-order valence-electron chi connectivity index (χ1n) is 8.52. The molecule has 0 saturated heterocycles. The predicted octanol–water partition coefficient (Wildman–Crippen LogP) is 3.04. The van der Waals surface area contributed by atoms with Crippen molar-refractivity contribution in [2.45, 2.75) is 26.0 Å². The summed E-state index contributed by atoms with van der Waals surface area (Å²) in [6, 6.07) is 12.1. The van der Waals surface area contributed by atoms with E-state index in [-0.39, 0.29) is 0 Å². The third-order valence-electron chi connectivity index (χ3n) is 3.81. The normalized spacial score (nSPS) is 12.4. The molecule has 0 spiro atoms. The number of hydrogen-bond donors (Lipinski definition) is 2. The van der Waals surface area contributed by atoms with Gasteiger partial charge < -0.3 is 20.1 Å². The van der Waals surface area contributed by atoms with Gasteiger partial charge in [0.25, 0.3) is 11.8 Å². The highest BCUT2D eigenvalue weighted by molar-refractivity contribution is 6.30. The molecule has 2 amide bonds. The average molecular weight is 405 g/mol. The van der Waals surface area contributed by atoms with Crippen LogP contribution in [0.25, 0.3) is 0 Å². The second-order valence-corrected chi connectivity index (χ2v) is 6.44. The van der Waals surface area contributed by atoms with Gasteiger partial charge in [-0.05, 0) is 50.2 Å². The van der Waals surface area contributed by atoms with E-state index in [0.29, 0.717) is 22.0 Å². The topological polar surface area (TPSA) is 93.7 Å². The van der Waals surface area contributed by atoms with Crippen molar-refractivity contribution < 1.29 is 23.9 Å². The van der Waals surface area contributed by atoms with Crippen molar-refractivity contribution in [2.24, 2.45) is 0 Å². The van der Waals surface area contributed by atoms with E-state index in [1.807, 2.05) is 0 Å². The van der Waals surface area contributed by atoms with Gasteiger partial charge in [-0.25, -0.2) is 4.79 Å². The van der Waals surface area contributed by atoms with Crippen LogP contribution in [-0.2, 0) is 14.3 Å². The fourth-order valence-electron chi connectivity index (χ4n) is 2.21. The monoisotopic (exact) mass is 404 g/mol. The number of carbonyl (C=O) groups excluding carboxylic acids is 3. The molecule has 2 aromatic rings. The van der Waals surface area contributed by atoms with Crippen LogP contribution in [0.1, 0.15) is 24.2 Å². The molecule has 0 unspecified atom stereocenters. The zero-order valence-corrected chi connectivity index (χ0v) is 16.4. The van der Waals surface area contributed by atoms with E-state index < -0.39 is 29.9 Å². The van der Waals surface area contributed by atoms with Crippen molar-refractivity contribution in [1.29, 1.82) is 0 Å². The van der Waals surface area contributed by atoms with Gasteiger partial charge in [0.15, 0.2) is 6.10 Å². The van der Waals surface area contributed by atoms with Crippen LogP contribution in [0.2, 0.25) is 5.02 Å². The van der Waals surface area contributed by atoms with Gasteiger partial charge in [0.05, 0.1) is 7.11 Å². The van der Waals surface area contributed by atoms with Gasteiger partial charge in [-0.2, -0.15) is 0 Å². The molecule has 0 aliphatic rings. The maximum atomic E-state index is 12.2. The Labute approximate surface area is 168 Å². The van der Waals surface area contributed by atoms with Gasteiger partial charge in [-0.1, -0.05) is 17.7 Å². The first kappa shape index (κ1) is 21.2. The molecule has 2 rings (SSSR count). The third kappa shape index (κ3) is 5.99. The number of anilines is 1. The first-order valence-corrected chi connectivity index (χ1v) is 8.89. The molecule has 28 heavy (non-hydrogen) atoms. The zero-order valence-electron chi connectivity index (χ0n) is 15.7. The van der Waals surface area contributed by atoms with Crippen LogP contribution in [0.5, 0.6) is 5.75 Å². The van der Waals surface area contributed by atoms with Gasteiger partial charge in [-0.15, -0.1) is 0 Å². The molecule has 2 aromatic carbocycles. The van der Waals surface area contributed by atoms with Crippen LogP contribution in [0.3, 0.4) is 0 Å². The molecule has 0 aliphatic heterocycles. The number of amides is 2. The lowest BCUT2D eigenvalue weighted by Crippen LogP contribution is -2.42. The van der Waals surface area contributed by atoms with E-state index in [4.69, 9.17) is 21.1 Å². The molecule has 2 N–H and O–H groups in total. The van der Waals surface area contributed by atoms with Crippen molar-refractivity contribution in [3.05, 3.63) is 59.1 Å². The van der Waals surface area contributed by atoms with Crippen molar-refractivity contribution in [3.63, 3.8) is 0 Å². The van der Waals surface area contributed by atoms with E-state index in [9.17, 15) is 14.4 Å². The molecule has 0 saturated carbocycles. The summed E-state index contributed by atoms with van der Waals surface area (Å²) in [5.74, 6) is -1.09. The molecular weight excluding hydrogens is 384 g/mol. The summed E-state index contributed by atoms with van der Waals surface area (Å²) in [5.41, 5.74) is 0.865. The summed E-state index contributed by atoms with van der Waals surface area (Å²) in [6.07, 6.45) is -1.05. The fourth-order valence-corrected chi connectivity index (χ4v) is 2.34. The largest absolute Gasteiger partial charge is 0.497 e. The second kappa shape index (κ2) is 9.75. The number of nitrogens with one attached hydrogen (secondary N) is 2. The zero-order chi connectivity index (χ0) is 20.7. The Balaban J connectivity index is 1.88. The number of esters is 1. The number of carbonyl (C=O) groups is 3. The molecule has 2 atom stereocenters. The Morgan fingerprint density at radius 3 is 2.36 bits per heavy atom. The quantitative estimate of drug-likeness (QED) is 0.692. The summed E-state index contributed by atoms with van der Waals surface area (Å²) in [6.45, 7) is 2.92. The van der Waals surface area contributed by atoms with Crippen LogP contribution < -0.4 is 15.4 Å². The van der Waals surface area contributed by atoms with Crippen molar-refractivity contribution >= 4 is 35.1 Å². The van der Waals surface area contributed by atoms with Gasteiger partial charge in [0.1, 0.15) is 11.8 Å². The van der Waals surface area contributed by atoms with E-state index in [0.717, 1.165) is 0 Å². The molecule has 0 bridgehead atoms.